The van der Waals surface area contributed by atoms with Crippen LogP contribution >= 0.6 is 0 Å². The Morgan fingerprint density at radius 1 is 1.19 bits per heavy atom. The maximum absolute atomic E-state index is 12.3. The minimum atomic E-state index is -0.351. The summed E-state index contributed by atoms with van der Waals surface area (Å²) in [6.45, 7) is 1.50. The fourth-order valence-electron chi connectivity index (χ4n) is 2.68. The van der Waals surface area contributed by atoms with Gasteiger partial charge in [-0.25, -0.2) is 0 Å². The van der Waals surface area contributed by atoms with Crippen molar-refractivity contribution >= 4 is 17.4 Å². The molecule has 8 heteroatoms. The van der Waals surface area contributed by atoms with E-state index in [9.17, 15) is 4.79 Å². The van der Waals surface area contributed by atoms with E-state index in [0.29, 0.717) is 29.5 Å². The average molecular weight is 358 g/mol. The molecule has 138 valence electrons. The Hall–Kier alpha value is -2.87. The number of carbonyl (C=O) groups excluding carboxylic acids is 1. The Balaban J connectivity index is 1.59. The molecule has 1 aromatic heterocycles. The number of nitrogens with zero attached hydrogens (tertiary/aromatic N) is 2. The number of benzene rings is 1. The minimum absolute atomic E-state index is 0.213. The van der Waals surface area contributed by atoms with E-state index in [0.717, 1.165) is 19.4 Å². The van der Waals surface area contributed by atoms with Crippen LogP contribution in [0.3, 0.4) is 0 Å². The highest BCUT2D eigenvalue weighted by Crippen LogP contribution is 2.29. The monoisotopic (exact) mass is 358 g/mol. The first-order valence-corrected chi connectivity index (χ1v) is 8.42. The molecule has 1 amide bonds. The topological polar surface area (TPSA) is 94.6 Å². The van der Waals surface area contributed by atoms with Crippen molar-refractivity contribution in [1.82, 2.24) is 10.2 Å². The van der Waals surface area contributed by atoms with Gasteiger partial charge in [-0.05, 0) is 37.1 Å². The predicted octanol–water partition coefficient (Wildman–Crippen LogP) is 2.34. The molecular formula is C18H22N4O4. The number of carbonyl (C=O) groups is 1. The largest absolute Gasteiger partial charge is 0.493 e. The maximum atomic E-state index is 12.3. The van der Waals surface area contributed by atoms with E-state index in [1.165, 1.54) is 7.11 Å². The number of methoxy groups -OCH3 is 2. The van der Waals surface area contributed by atoms with Crippen LogP contribution < -0.4 is 20.1 Å². The third-order valence-corrected chi connectivity index (χ3v) is 4.07. The molecule has 1 aliphatic rings. The molecule has 2 heterocycles. The van der Waals surface area contributed by atoms with Crippen molar-refractivity contribution in [2.24, 2.45) is 0 Å². The Kier molecular flexibility index (Phi) is 5.85. The normalized spacial score (nSPS) is 16.2. The van der Waals surface area contributed by atoms with Gasteiger partial charge in [-0.1, -0.05) is 0 Å². The van der Waals surface area contributed by atoms with Gasteiger partial charge in [0.15, 0.2) is 17.2 Å². The number of hydrogen-bond acceptors (Lipinski definition) is 7. The molecule has 1 aromatic carbocycles. The number of anilines is 2. The lowest BCUT2D eigenvalue weighted by Crippen LogP contribution is -2.20. The fraction of sp³-hybridized carbons (Fsp3) is 0.389. The zero-order chi connectivity index (χ0) is 18.4. The van der Waals surface area contributed by atoms with Crippen molar-refractivity contribution in [3.63, 3.8) is 0 Å². The third-order valence-electron chi connectivity index (χ3n) is 4.07. The smallest absolute Gasteiger partial charge is 0.276 e. The van der Waals surface area contributed by atoms with Gasteiger partial charge in [-0.3, -0.25) is 4.79 Å². The molecule has 0 bridgehead atoms. The number of ether oxygens (including phenoxy) is 3. The Bertz CT molecular complexity index is 745. The van der Waals surface area contributed by atoms with Crippen molar-refractivity contribution in [1.29, 1.82) is 0 Å². The van der Waals surface area contributed by atoms with Crippen molar-refractivity contribution in [2.45, 2.75) is 18.9 Å². The molecule has 1 unspecified atom stereocenters. The summed E-state index contributed by atoms with van der Waals surface area (Å²) < 4.78 is 15.9. The van der Waals surface area contributed by atoms with Crippen molar-refractivity contribution in [3.8, 4) is 11.5 Å². The third kappa shape index (κ3) is 4.40. The standard InChI is InChI=1S/C18H22N4O4/c1-24-15-7-5-12(10-16(15)25-2)20-18(23)14-6-8-17(22-21-14)19-11-13-4-3-9-26-13/h5-8,10,13H,3-4,9,11H2,1-2H3,(H,19,22)(H,20,23). The van der Waals surface area contributed by atoms with Gasteiger partial charge in [-0.15, -0.1) is 10.2 Å². The summed E-state index contributed by atoms with van der Waals surface area (Å²) in [5.41, 5.74) is 0.803. The lowest BCUT2D eigenvalue weighted by molar-refractivity contribution is 0.102. The number of hydrogen-bond donors (Lipinski definition) is 2. The molecule has 2 aromatic rings. The van der Waals surface area contributed by atoms with E-state index in [2.05, 4.69) is 20.8 Å². The quantitative estimate of drug-likeness (QED) is 0.784. The molecule has 0 aliphatic carbocycles. The predicted molar refractivity (Wildman–Crippen MR) is 97.0 cm³/mol. The number of aromatic nitrogens is 2. The Labute approximate surface area is 151 Å². The van der Waals surface area contributed by atoms with E-state index < -0.39 is 0 Å². The molecule has 0 saturated carbocycles. The van der Waals surface area contributed by atoms with Crippen LogP contribution in [0.2, 0.25) is 0 Å². The van der Waals surface area contributed by atoms with Crippen LogP contribution in [-0.2, 0) is 4.74 Å². The zero-order valence-electron chi connectivity index (χ0n) is 14.8. The van der Waals surface area contributed by atoms with E-state index in [4.69, 9.17) is 14.2 Å². The van der Waals surface area contributed by atoms with E-state index >= 15 is 0 Å². The SMILES string of the molecule is COc1ccc(NC(=O)c2ccc(NCC3CCCO3)nn2)cc1OC. The number of amides is 1. The highest BCUT2D eigenvalue weighted by atomic mass is 16.5. The molecule has 1 aliphatic heterocycles. The molecule has 1 atom stereocenters. The molecule has 0 radical (unpaired) electrons. The van der Waals surface area contributed by atoms with Crippen LogP contribution in [0, 0.1) is 0 Å². The van der Waals surface area contributed by atoms with E-state index in [-0.39, 0.29) is 17.7 Å². The van der Waals surface area contributed by atoms with Crippen LogP contribution in [0.4, 0.5) is 11.5 Å². The molecule has 1 saturated heterocycles. The summed E-state index contributed by atoms with van der Waals surface area (Å²) in [6, 6.07) is 8.48. The van der Waals surface area contributed by atoms with Gasteiger partial charge < -0.3 is 24.8 Å². The number of nitrogens with one attached hydrogen (secondary N) is 2. The highest BCUT2D eigenvalue weighted by molar-refractivity contribution is 6.02. The van der Waals surface area contributed by atoms with Crippen molar-refractivity contribution < 1.29 is 19.0 Å². The van der Waals surface area contributed by atoms with Crippen LogP contribution in [-0.4, -0.2) is 49.6 Å². The second kappa shape index (κ2) is 8.48. The lowest BCUT2D eigenvalue weighted by Gasteiger charge is -2.11. The Morgan fingerprint density at radius 3 is 2.69 bits per heavy atom. The number of rotatable bonds is 7. The summed E-state index contributed by atoms with van der Waals surface area (Å²) >= 11 is 0. The zero-order valence-corrected chi connectivity index (χ0v) is 14.8. The summed E-state index contributed by atoms with van der Waals surface area (Å²) in [7, 11) is 3.09. The molecule has 8 nitrogen and oxygen atoms in total. The summed E-state index contributed by atoms with van der Waals surface area (Å²) in [5.74, 6) is 1.38. The van der Waals surface area contributed by atoms with Crippen LogP contribution in [0.5, 0.6) is 11.5 Å². The fourth-order valence-corrected chi connectivity index (χ4v) is 2.68. The second-order valence-corrected chi connectivity index (χ2v) is 5.84. The molecule has 1 fully saturated rings. The molecule has 26 heavy (non-hydrogen) atoms. The maximum Gasteiger partial charge on any atom is 0.276 e. The summed E-state index contributed by atoms with van der Waals surface area (Å²) in [6.07, 6.45) is 2.35. The van der Waals surface area contributed by atoms with Crippen molar-refractivity contribution in [3.05, 3.63) is 36.0 Å². The second-order valence-electron chi connectivity index (χ2n) is 5.84. The van der Waals surface area contributed by atoms with Gasteiger partial charge in [0.25, 0.3) is 5.91 Å². The minimum Gasteiger partial charge on any atom is -0.493 e. The van der Waals surface area contributed by atoms with Crippen LogP contribution in [0.1, 0.15) is 23.3 Å². The van der Waals surface area contributed by atoms with E-state index in [1.54, 1.807) is 37.4 Å². The van der Waals surface area contributed by atoms with Gasteiger partial charge in [0.2, 0.25) is 0 Å². The van der Waals surface area contributed by atoms with Gasteiger partial charge in [-0.2, -0.15) is 0 Å². The highest BCUT2D eigenvalue weighted by Gasteiger charge is 2.15. The lowest BCUT2D eigenvalue weighted by atomic mass is 10.2. The van der Waals surface area contributed by atoms with Gasteiger partial charge in [0, 0.05) is 24.9 Å². The van der Waals surface area contributed by atoms with Crippen LogP contribution in [0.25, 0.3) is 0 Å². The Morgan fingerprint density at radius 2 is 2.04 bits per heavy atom. The molecule has 2 N–H and O–H groups in total. The first-order chi connectivity index (χ1) is 12.7. The molecule has 3 rings (SSSR count). The average Bonchev–Trinajstić information content (AvgIpc) is 3.20. The summed E-state index contributed by atoms with van der Waals surface area (Å²) in [4.78, 5) is 12.3. The van der Waals surface area contributed by atoms with Gasteiger partial charge in [0.1, 0.15) is 5.82 Å². The summed E-state index contributed by atoms with van der Waals surface area (Å²) in [5, 5.41) is 13.9. The van der Waals surface area contributed by atoms with E-state index in [1.807, 2.05) is 0 Å². The molecule has 0 spiro atoms. The van der Waals surface area contributed by atoms with Crippen LogP contribution in [0.15, 0.2) is 30.3 Å². The first-order valence-electron chi connectivity index (χ1n) is 8.42. The van der Waals surface area contributed by atoms with Gasteiger partial charge >= 0.3 is 0 Å². The first kappa shape index (κ1) is 17.9. The van der Waals surface area contributed by atoms with Crippen molar-refractivity contribution in [2.75, 3.05) is 38.0 Å². The van der Waals surface area contributed by atoms with Gasteiger partial charge in [0.05, 0.1) is 20.3 Å². The molecular weight excluding hydrogens is 336 g/mol.